The third-order valence-electron chi connectivity index (χ3n) is 11.5. The number of allylic oxidation sites excluding steroid dienone is 4. The van der Waals surface area contributed by atoms with Gasteiger partial charge >= 0.3 is 5.97 Å². The summed E-state index contributed by atoms with van der Waals surface area (Å²) >= 11 is 0. The smallest absolute Gasteiger partial charge is 0.305 e. The maximum atomic E-state index is 12.4. The zero-order chi connectivity index (χ0) is 41.5. The van der Waals surface area contributed by atoms with Crippen molar-refractivity contribution in [1.82, 2.24) is 5.32 Å². The van der Waals surface area contributed by atoms with Gasteiger partial charge in [-0.3, -0.25) is 9.59 Å². The summed E-state index contributed by atoms with van der Waals surface area (Å²) in [6.07, 6.45) is 54.3. The predicted octanol–water partition coefficient (Wildman–Crippen LogP) is 14.7. The lowest BCUT2D eigenvalue weighted by Gasteiger charge is -2.22. The van der Waals surface area contributed by atoms with Crippen molar-refractivity contribution in [2.24, 2.45) is 0 Å². The largest absolute Gasteiger partial charge is 0.466 e. The fraction of sp³-hybridized carbons (Fsp3) is 0.882. The predicted molar refractivity (Wildman–Crippen MR) is 246 cm³/mol. The van der Waals surface area contributed by atoms with E-state index >= 15 is 0 Å². The highest BCUT2D eigenvalue weighted by Crippen LogP contribution is 2.15. The number of aliphatic hydroxyl groups excluding tert-OH is 2. The molecule has 0 aliphatic heterocycles. The molecular weight excluding hydrogens is 707 g/mol. The third-order valence-corrected chi connectivity index (χ3v) is 11.5. The highest BCUT2D eigenvalue weighted by atomic mass is 16.5. The van der Waals surface area contributed by atoms with E-state index in [-0.39, 0.29) is 18.5 Å². The number of hydrogen-bond donors (Lipinski definition) is 3. The minimum atomic E-state index is -0.671. The lowest BCUT2D eigenvalue weighted by molar-refractivity contribution is -0.143. The Bertz CT molecular complexity index is 889. The molecular formula is C51H97NO5. The van der Waals surface area contributed by atoms with Gasteiger partial charge in [0, 0.05) is 12.8 Å². The lowest BCUT2D eigenvalue weighted by Crippen LogP contribution is -2.45. The molecule has 336 valence electrons. The van der Waals surface area contributed by atoms with Crippen LogP contribution in [-0.4, -0.2) is 47.4 Å². The molecule has 0 aromatic carbocycles. The van der Waals surface area contributed by atoms with Gasteiger partial charge in [-0.2, -0.15) is 0 Å². The molecule has 0 aromatic rings. The van der Waals surface area contributed by atoms with E-state index in [9.17, 15) is 19.8 Å². The van der Waals surface area contributed by atoms with Gasteiger partial charge < -0.3 is 20.3 Å². The highest BCUT2D eigenvalue weighted by molar-refractivity contribution is 5.76. The number of ether oxygens (including phenoxy) is 1. The first kappa shape index (κ1) is 55.3. The van der Waals surface area contributed by atoms with Gasteiger partial charge in [0.15, 0.2) is 0 Å². The van der Waals surface area contributed by atoms with E-state index in [2.05, 4.69) is 43.5 Å². The monoisotopic (exact) mass is 804 g/mol. The molecule has 3 N–H and O–H groups in total. The summed E-state index contributed by atoms with van der Waals surface area (Å²) < 4.78 is 5.44. The van der Waals surface area contributed by atoms with E-state index in [1.54, 1.807) is 0 Å². The van der Waals surface area contributed by atoms with Crippen LogP contribution in [0.3, 0.4) is 0 Å². The molecule has 2 atom stereocenters. The van der Waals surface area contributed by atoms with E-state index in [0.29, 0.717) is 25.9 Å². The number of esters is 1. The zero-order valence-corrected chi connectivity index (χ0v) is 38.1. The van der Waals surface area contributed by atoms with Crippen molar-refractivity contribution in [2.45, 2.75) is 276 Å². The molecule has 0 spiro atoms. The molecule has 6 nitrogen and oxygen atoms in total. The quantitative estimate of drug-likeness (QED) is 0.0324. The minimum Gasteiger partial charge on any atom is -0.466 e. The second kappa shape index (κ2) is 47.0. The summed E-state index contributed by atoms with van der Waals surface area (Å²) in [4.78, 5) is 24.4. The molecule has 0 aromatic heterocycles. The van der Waals surface area contributed by atoms with Crippen molar-refractivity contribution in [3.05, 3.63) is 24.3 Å². The molecule has 0 aliphatic rings. The maximum Gasteiger partial charge on any atom is 0.305 e. The number of unbranched alkanes of at least 4 members (excludes halogenated alkanes) is 31. The summed E-state index contributed by atoms with van der Waals surface area (Å²) in [6.45, 7) is 4.88. The van der Waals surface area contributed by atoms with Gasteiger partial charge in [-0.25, -0.2) is 0 Å². The van der Waals surface area contributed by atoms with Crippen molar-refractivity contribution in [3.63, 3.8) is 0 Å². The van der Waals surface area contributed by atoms with Crippen molar-refractivity contribution in [3.8, 4) is 0 Å². The molecule has 0 saturated carbocycles. The molecule has 0 radical (unpaired) electrons. The number of aliphatic hydroxyl groups is 2. The summed E-state index contributed by atoms with van der Waals surface area (Å²) in [5.74, 6) is -0.0598. The maximum absolute atomic E-state index is 12.4. The van der Waals surface area contributed by atoms with E-state index < -0.39 is 12.1 Å². The Morgan fingerprint density at radius 2 is 0.842 bits per heavy atom. The van der Waals surface area contributed by atoms with Gasteiger partial charge in [0.2, 0.25) is 5.91 Å². The van der Waals surface area contributed by atoms with Crippen molar-refractivity contribution < 1.29 is 24.5 Å². The first-order chi connectivity index (χ1) is 28.0. The Kier molecular flexibility index (Phi) is 45.7. The molecule has 0 fully saturated rings. The second-order valence-corrected chi connectivity index (χ2v) is 17.1. The van der Waals surface area contributed by atoms with Crippen LogP contribution in [0.5, 0.6) is 0 Å². The Balaban J connectivity index is 3.45. The molecule has 57 heavy (non-hydrogen) atoms. The average molecular weight is 804 g/mol. The van der Waals surface area contributed by atoms with E-state index in [1.807, 2.05) is 0 Å². The van der Waals surface area contributed by atoms with Gasteiger partial charge in [-0.05, 0) is 70.6 Å². The van der Waals surface area contributed by atoms with E-state index in [0.717, 1.165) is 57.8 Å². The Morgan fingerprint density at radius 3 is 1.30 bits per heavy atom. The van der Waals surface area contributed by atoms with E-state index in [1.165, 1.54) is 173 Å². The number of hydrogen-bond acceptors (Lipinski definition) is 5. The van der Waals surface area contributed by atoms with Gasteiger partial charge in [0.05, 0.1) is 25.4 Å². The molecule has 1 amide bonds. The third kappa shape index (κ3) is 43.7. The molecule has 0 saturated heterocycles. The Hall–Kier alpha value is -1.66. The van der Waals surface area contributed by atoms with Gasteiger partial charge in [0.25, 0.3) is 0 Å². The number of nitrogens with one attached hydrogen (secondary N) is 1. The van der Waals surface area contributed by atoms with Crippen LogP contribution in [0.1, 0.15) is 264 Å². The highest BCUT2D eigenvalue weighted by Gasteiger charge is 2.20. The van der Waals surface area contributed by atoms with Crippen molar-refractivity contribution >= 4 is 11.9 Å². The van der Waals surface area contributed by atoms with Crippen molar-refractivity contribution in [2.75, 3.05) is 13.2 Å². The topological polar surface area (TPSA) is 95.9 Å². The van der Waals surface area contributed by atoms with Crippen LogP contribution >= 0.6 is 0 Å². The number of carbonyl (C=O) groups is 2. The second-order valence-electron chi connectivity index (χ2n) is 17.1. The standard InChI is InChI=1S/C51H97NO5/c1-3-5-7-9-11-13-23-27-31-35-39-43-49(54)48(47-53)52-50(55)44-40-36-32-28-25-21-19-17-15-16-18-20-22-26-30-34-38-42-46-57-51(56)45-41-37-33-29-24-14-12-10-8-6-4-2/h10,12,17,19,48-49,53-54H,3-9,11,13-16,18,20-47H2,1-2H3,(H,52,55)/b12-10-,19-17-. The van der Waals surface area contributed by atoms with Gasteiger partial charge in [-0.1, -0.05) is 205 Å². The fourth-order valence-electron chi connectivity index (χ4n) is 7.55. The SMILES string of the molecule is CCCC/C=C\CCCCCCCC(=O)OCCCCCCCCCCC/C=C\CCCCCCCC(=O)NC(CO)C(O)CCCCCCCCCCCCC. The van der Waals surface area contributed by atoms with Crippen LogP contribution in [0.25, 0.3) is 0 Å². The average Bonchev–Trinajstić information content (AvgIpc) is 3.21. The van der Waals surface area contributed by atoms with Crippen LogP contribution in [0.2, 0.25) is 0 Å². The summed E-state index contributed by atoms with van der Waals surface area (Å²) in [6, 6.07) is -0.549. The van der Waals surface area contributed by atoms with E-state index in [4.69, 9.17) is 4.74 Å². The normalized spacial score (nSPS) is 12.8. The first-order valence-electron chi connectivity index (χ1n) is 25.1. The number of rotatable bonds is 46. The summed E-state index contributed by atoms with van der Waals surface area (Å²) in [7, 11) is 0. The van der Waals surface area contributed by atoms with Crippen LogP contribution < -0.4 is 5.32 Å². The minimum absolute atomic E-state index is 0.00866. The molecule has 0 heterocycles. The van der Waals surface area contributed by atoms with Crippen molar-refractivity contribution in [1.29, 1.82) is 0 Å². The zero-order valence-electron chi connectivity index (χ0n) is 38.1. The molecule has 2 unspecified atom stereocenters. The van der Waals surface area contributed by atoms with Crippen LogP contribution in [0, 0.1) is 0 Å². The first-order valence-corrected chi connectivity index (χ1v) is 25.1. The molecule has 6 heteroatoms. The van der Waals surface area contributed by atoms with Gasteiger partial charge in [-0.15, -0.1) is 0 Å². The Labute approximate surface area is 354 Å². The summed E-state index contributed by atoms with van der Waals surface area (Å²) in [5, 5.41) is 23.1. The Morgan fingerprint density at radius 1 is 0.474 bits per heavy atom. The lowest BCUT2D eigenvalue weighted by atomic mass is 10.0. The fourth-order valence-corrected chi connectivity index (χ4v) is 7.55. The molecule has 0 aliphatic carbocycles. The number of carbonyl (C=O) groups excluding carboxylic acids is 2. The molecule has 0 rings (SSSR count). The van der Waals surface area contributed by atoms with Crippen LogP contribution in [-0.2, 0) is 14.3 Å². The number of amides is 1. The van der Waals surface area contributed by atoms with Gasteiger partial charge in [0.1, 0.15) is 0 Å². The molecule has 0 bridgehead atoms. The summed E-state index contributed by atoms with van der Waals surface area (Å²) in [5.41, 5.74) is 0. The van der Waals surface area contributed by atoms with Crippen LogP contribution in [0.4, 0.5) is 0 Å². The van der Waals surface area contributed by atoms with Crippen LogP contribution in [0.15, 0.2) is 24.3 Å².